The zero-order valence-corrected chi connectivity index (χ0v) is 16.3. The van der Waals surface area contributed by atoms with Crippen LogP contribution in [-0.2, 0) is 9.59 Å². The summed E-state index contributed by atoms with van der Waals surface area (Å²) in [5.74, 6) is -0.720. The van der Waals surface area contributed by atoms with Gasteiger partial charge in [-0.2, -0.15) is 0 Å². The third-order valence-corrected chi connectivity index (χ3v) is 5.11. The first kappa shape index (κ1) is 20.9. The minimum atomic E-state index is -0.739. The second-order valence-corrected chi connectivity index (χ2v) is 7.63. The maximum absolute atomic E-state index is 12.2. The van der Waals surface area contributed by atoms with Gasteiger partial charge in [-0.3, -0.25) is 9.59 Å². The van der Waals surface area contributed by atoms with Crippen molar-refractivity contribution >= 4 is 41.7 Å². The fourth-order valence-electron chi connectivity index (χ4n) is 3.04. The largest absolute Gasteiger partial charge is 0.505 e. The van der Waals surface area contributed by atoms with Crippen LogP contribution in [0.2, 0.25) is 5.02 Å². The van der Waals surface area contributed by atoms with Gasteiger partial charge in [0.2, 0.25) is 11.8 Å². The normalized spacial score (nSPS) is 16.6. The van der Waals surface area contributed by atoms with Crippen LogP contribution in [0.15, 0.2) is 17.0 Å². The van der Waals surface area contributed by atoms with Crippen LogP contribution in [0.3, 0.4) is 0 Å². The van der Waals surface area contributed by atoms with Gasteiger partial charge in [0.25, 0.3) is 0 Å². The van der Waals surface area contributed by atoms with Crippen LogP contribution in [0.5, 0.6) is 5.75 Å². The molecule has 0 unspecified atom stereocenters. The highest BCUT2D eigenvalue weighted by atomic mass is 35.5. The number of thiol groups is 1. The quantitative estimate of drug-likeness (QED) is 0.288. The van der Waals surface area contributed by atoms with E-state index < -0.39 is 6.04 Å². The molecule has 1 saturated carbocycles. The molecule has 0 aromatic heterocycles. The predicted octanol–water partition coefficient (Wildman–Crippen LogP) is 3.22. The zero-order valence-electron chi connectivity index (χ0n) is 14.6. The van der Waals surface area contributed by atoms with E-state index in [4.69, 9.17) is 17.3 Å². The number of nitrogens with one attached hydrogen (secondary N) is 2. The Balaban J connectivity index is 1.80. The second-order valence-electron chi connectivity index (χ2n) is 6.71. The Morgan fingerprint density at radius 2 is 1.92 bits per heavy atom. The molecule has 6 nitrogen and oxygen atoms in total. The third kappa shape index (κ3) is 6.37. The molecule has 1 aromatic rings. The van der Waals surface area contributed by atoms with Crippen LogP contribution in [0.4, 0.5) is 5.69 Å². The summed E-state index contributed by atoms with van der Waals surface area (Å²) in [7, 11) is 0. The van der Waals surface area contributed by atoms with E-state index >= 15 is 0 Å². The van der Waals surface area contributed by atoms with Gasteiger partial charge in [0, 0.05) is 22.4 Å². The van der Waals surface area contributed by atoms with Crippen molar-refractivity contribution < 1.29 is 14.7 Å². The van der Waals surface area contributed by atoms with E-state index in [1.165, 1.54) is 25.0 Å². The number of phenolic OH excluding ortho intramolecular Hbond substituents is 1. The number of halogens is 1. The van der Waals surface area contributed by atoms with Crippen molar-refractivity contribution in [3.63, 3.8) is 0 Å². The fourth-order valence-corrected chi connectivity index (χ4v) is 3.60. The van der Waals surface area contributed by atoms with Gasteiger partial charge in [-0.1, -0.05) is 37.3 Å². The van der Waals surface area contributed by atoms with E-state index in [9.17, 15) is 14.7 Å². The van der Waals surface area contributed by atoms with Crippen molar-refractivity contribution in [1.29, 1.82) is 0 Å². The SMILES string of the molecule is N[C@@H](CCC(=O)Nc1cc(Cl)cc(S)c1O)C(=O)NC1CCCCCC1. The molecule has 1 aliphatic rings. The van der Waals surface area contributed by atoms with E-state index in [-0.39, 0.29) is 47.0 Å². The molecule has 2 amide bonds. The highest BCUT2D eigenvalue weighted by molar-refractivity contribution is 7.80. The summed E-state index contributed by atoms with van der Waals surface area (Å²) < 4.78 is 0. The Kier molecular flexibility index (Phi) is 8.06. The van der Waals surface area contributed by atoms with Gasteiger partial charge in [-0.05, 0) is 31.4 Å². The lowest BCUT2D eigenvalue weighted by atomic mass is 10.1. The molecule has 1 fully saturated rings. The van der Waals surface area contributed by atoms with Crippen LogP contribution >= 0.6 is 24.2 Å². The number of carbonyl (C=O) groups is 2. The Morgan fingerprint density at radius 1 is 1.27 bits per heavy atom. The summed E-state index contributed by atoms with van der Waals surface area (Å²) in [6.45, 7) is 0. The molecule has 2 rings (SSSR count). The number of aromatic hydroxyl groups is 1. The average molecular weight is 400 g/mol. The first-order valence-corrected chi connectivity index (χ1v) is 9.76. The molecular formula is C18H26ClN3O3S. The predicted molar refractivity (Wildman–Crippen MR) is 106 cm³/mol. The van der Waals surface area contributed by atoms with Crippen LogP contribution in [0.25, 0.3) is 0 Å². The van der Waals surface area contributed by atoms with Crippen LogP contribution < -0.4 is 16.4 Å². The number of carbonyl (C=O) groups excluding carboxylic acids is 2. The van der Waals surface area contributed by atoms with Crippen molar-refractivity contribution in [2.75, 3.05) is 5.32 Å². The molecule has 0 bridgehead atoms. The molecule has 26 heavy (non-hydrogen) atoms. The first-order valence-electron chi connectivity index (χ1n) is 8.94. The van der Waals surface area contributed by atoms with Gasteiger partial charge in [0.1, 0.15) is 0 Å². The summed E-state index contributed by atoms with van der Waals surface area (Å²) in [5, 5.41) is 15.8. The Hall–Kier alpha value is -1.44. The van der Waals surface area contributed by atoms with Crippen LogP contribution in [0.1, 0.15) is 51.4 Å². The van der Waals surface area contributed by atoms with Gasteiger partial charge in [0.05, 0.1) is 11.7 Å². The minimum Gasteiger partial charge on any atom is -0.505 e. The average Bonchev–Trinajstić information content (AvgIpc) is 2.85. The van der Waals surface area contributed by atoms with E-state index in [1.807, 2.05) is 0 Å². The second kappa shape index (κ2) is 10.0. The standard InChI is InChI=1S/C18H26ClN3O3S/c19-11-9-14(17(24)15(26)10-11)22-16(23)8-7-13(20)18(25)21-12-5-3-1-2-4-6-12/h9-10,12-13,24,26H,1-8,20H2,(H,21,25)(H,22,23)/t13-/m0/s1. The molecule has 5 N–H and O–H groups in total. The summed E-state index contributed by atoms with van der Waals surface area (Å²) in [4.78, 5) is 24.5. The van der Waals surface area contributed by atoms with Gasteiger partial charge < -0.3 is 21.5 Å². The number of rotatable bonds is 6. The molecule has 144 valence electrons. The molecule has 0 saturated heterocycles. The Labute approximate surface area is 164 Å². The highest BCUT2D eigenvalue weighted by Crippen LogP contribution is 2.33. The smallest absolute Gasteiger partial charge is 0.237 e. The molecule has 1 aromatic carbocycles. The summed E-state index contributed by atoms with van der Waals surface area (Å²) in [6.07, 6.45) is 6.92. The monoisotopic (exact) mass is 399 g/mol. The number of amides is 2. The number of hydrogen-bond donors (Lipinski definition) is 5. The number of benzene rings is 1. The lowest BCUT2D eigenvalue weighted by Gasteiger charge is -2.19. The van der Waals surface area contributed by atoms with E-state index in [0.29, 0.717) is 5.02 Å². The molecule has 1 atom stereocenters. The Bertz CT molecular complexity index is 649. The topological polar surface area (TPSA) is 104 Å². The number of anilines is 1. The van der Waals surface area contributed by atoms with Crippen molar-refractivity contribution in [2.45, 2.75) is 68.3 Å². The lowest BCUT2D eigenvalue weighted by molar-refractivity contribution is -0.123. The molecule has 0 heterocycles. The third-order valence-electron chi connectivity index (χ3n) is 4.55. The van der Waals surface area contributed by atoms with Crippen LogP contribution in [0, 0.1) is 0 Å². The van der Waals surface area contributed by atoms with E-state index in [1.54, 1.807) is 0 Å². The molecule has 0 spiro atoms. The maximum atomic E-state index is 12.2. The van der Waals surface area contributed by atoms with E-state index in [0.717, 1.165) is 25.7 Å². The molecule has 0 radical (unpaired) electrons. The van der Waals surface area contributed by atoms with Gasteiger partial charge in [0.15, 0.2) is 5.75 Å². The highest BCUT2D eigenvalue weighted by Gasteiger charge is 2.20. The first-order chi connectivity index (χ1) is 12.4. The summed E-state index contributed by atoms with van der Waals surface area (Å²) in [6, 6.07) is 2.36. The molecule has 1 aliphatic carbocycles. The number of hydrogen-bond acceptors (Lipinski definition) is 5. The lowest BCUT2D eigenvalue weighted by Crippen LogP contribution is -2.45. The van der Waals surface area contributed by atoms with Crippen molar-refractivity contribution in [1.82, 2.24) is 5.32 Å². The molecule has 0 aliphatic heterocycles. The maximum Gasteiger partial charge on any atom is 0.237 e. The molecular weight excluding hydrogens is 374 g/mol. The molecule has 8 heteroatoms. The van der Waals surface area contributed by atoms with E-state index in [2.05, 4.69) is 23.3 Å². The number of phenols is 1. The zero-order chi connectivity index (χ0) is 19.1. The van der Waals surface area contributed by atoms with Crippen molar-refractivity contribution in [3.05, 3.63) is 17.2 Å². The van der Waals surface area contributed by atoms with Gasteiger partial charge >= 0.3 is 0 Å². The van der Waals surface area contributed by atoms with Crippen LogP contribution in [-0.4, -0.2) is 29.0 Å². The van der Waals surface area contributed by atoms with Gasteiger partial charge in [-0.15, -0.1) is 12.6 Å². The van der Waals surface area contributed by atoms with Gasteiger partial charge in [-0.25, -0.2) is 0 Å². The van der Waals surface area contributed by atoms with Crippen molar-refractivity contribution in [3.8, 4) is 5.75 Å². The van der Waals surface area contributed by atoms with Crippen molar-refractivity contribution in [2.24, 2.45) is 5.73 Å². The summed E-state index contributed by atoms with van der Waals surface area (Å²) >= 11 is 9.98. The Morgan fingerprint density at radius 3 is 2.58 bits per heavy atom. The minimum absolute atomic E-state index is 0.0626. The number of nitrogens with two attached hydrogens (primary N) is 1. The summed E-state index contributed by atoms with van der Waals surface area (Å²) in [5.41, 5.74) is 6.10. The fraction of sp³-hybridized carbons (Fsp3) is 0.556.